The summed E-state index contributed by atoms with van der Waals surface area (Å²) in [4.78, 5) is 62.5. The minimum absolute atomic E-state index is 0.0476. The Morgan fingerprint density at radius 2 is 1.51 bits per heavy atom. The molecule has 184 valence electrons. The molecule has 1 heterocycles. The van der Waals surface area contributed by atoms with Gasteiger partial charge < -0.3 is 19.5 Å². The van der Waals surface area contributed by atoms with Crippen molar-refractivity contribution >= 4 is 35.3 Å². The number of benzene rings is 2. The number of nitrogens with one attached hydrogen (secondary N) is 1. The van der Waals surface area contributed by atoms with Gasteiger partial charge in [-0.1, -0.05) is 6.92 Å². The molecule has 2 aromatic carbocycles. The summed E-state index contributed by atoms with van der Waals surface area (Å²) in [6, 6.07) is 10.2. The average Bonchev–Trinajstić information content (AvgIpc) is 3.10. The van der Waals surface area contributed by atoms with E-state index in [-0.39, 0.29) is 23.2 Å². The molecule has 1 aliphatic rings. The molecule has 0 saturated heterocycles. The molecule has 0 fully saturated rings. The van der Waals surface area contributed by atoms with E-state index in [4.69, 9.17) is 14.2 Å². The molecule has 35 heavy (non-hydrogen) atoms. The smallest absolute Gasteiger partial charge is 0.338 e. The first-order valence-corrected chi connectivity index (χ1v) is 11.1. The van der Waals surface area contributed by atoms with E-state index < -0.39 is 36.3 Å². The van der Waals surface area contributed by atoms with E-state index in [2.05, 4.69) is 5.32 Å². The van der Waals surface area contributed by atoms with Gasteiger partial charge in [0, 0.05) is 25.9 Å². The third-order valence-electron chi connectivity index (χ3n) is 5.11. The summed E-state index contributed by atoms with van der Waals surface area (Å²) >= 11 is 0. The Balaban J connectivity index is 1.54. The molecule has 0 saturated carbocycles. The number of ether oxygens (including phenoxy) is 3. The number of amides is 3. The third-order valence-corrected chi connectivity index (χ3v) is 5.11. The molecule has 1 aliphatic heterocycles. The van der Waals surface area contributed by atoms with Crippen LogP contribution in [-0.2, 0) is 19.0 Å². The lowest BCUT2D eigenvalue weighted by molar-refractivity contribution is -0.119. The molecule has 3 amide bonds. The lowest BCUT2D eigenvalue weighted by Crippen LogP contribution is -2.31. The van der Waals surface area contributed by atoms with E-state index in [1.165, 1.54) is 49.6 Å². The first-order chi connectivity index (χ1) is 16.8. The molecule has 0 unspecified atom stereocenters. The molecule has 2 aromatic rings. The number of fused-ring (bicyclic) bond motifs is 1. The van der Waals surface area contributed by atoms with Crippen LogP contribution in [0.2, 0.25) is 0 Å². The van der Waals surface area contributed by atoms with Crippen molar-refractivity contribution in [2.45, 2.75) is 19.8 Å². The van der Waals surface area contributed by atoms with Gasteiger partial charge in [-0.05, 0) is 55.3 Å². The van der Waals surface area contributed by atoms with Crippen LogP contribution in [0.25, 0.3) is 0 Å². The monoisotopic (exact) mass is 482 g/mol. The van der Waals surface area contributed by atoms with Gasteiger partial charge in [0.1, 0.15) is 0 Å². The Bertz CT molecular complexity index is 1130. The average molecular weight is 482 g/mol. The molecule has 0 radical (unpaired) electrons. The maximum absolute atomic E-state index is 12.6. The van der Waals surface area contributed by atoms with Crippen molar-refractivity contribution in [1.29, 1.82) is 0 Å². The van der Waals surface area contributed by atoms with E-state index in [1.807, 2.05) is 6.92 Å². The molecule has 10 nitrogen and oxygen atoms in total. The number of esters is 2. The highest BCUT2D eigenvalue weighted by Gasteiger charge is 2.35. The molecular weight excluding hydrogens is 456 g/mol. The van der Waals surface area contributed by atoms with Gasteiger partial charge in [0.05, 0.1) is 28.9 Å². The highest BCUT2D eigenvalue weighted by Crippen LogP contribution is 2.24. The topological polar surface area (TPSA) is 128 Å². The van der Waals surface area contributed by atoms with Crippen molar-refractivity contribution in [3.8, 4) is 0 Å². The third kappa shape index (κ3) is 6.30. The number of imide groups is 1. The van der Waals surface area contributed by atoms with Crippen molar-refractivity contribution < 1.29 is 38.2 Å². The number of hydrogen-bond donors (Lipinski definition) is 1. The normalized spacial score (nSPS) is 12.3. The van der Waals surface area contributed by atoms with Crippen LogP contribution in [0, 0.1) is 0 Å². The summed E-state index contributed by atoms with van der Waals surface area (Å²) < 4.78 is 15.0. The molecule has 10 heteroatoms. The van der Waals surface area contributed by atoms with E-state index in [9.17, 15) is 24.0 Å². The van der Waals surface area contributed by atoms with Crippen LogP contribution >= 0.6 is 0 Å². The Morgan fingerprint density at radius 3 is 2.20 bits per heavy atom. The molecule has 0 bridgehead atoms. The van der Waals surface area contributed by atoms with Crippen LogP contribution in [0.5, 0.6) is 0 Å². The molecule has 1 N–H and O–H groups in total. The van der Waals surface area contributed by atoms with Crippen LogP contribution < -0.4 is 5.32 Å². The van der Waals surface area contributed by atoms with Crippen molar-refractivity contribution in [2.24, 2.45) is 0 Å². The van der Waals surface area contributed by atoms with E-state index >= 15 is 0 Å². The van der Waals surface area contributed by atoms with Gasteiger partial charge in [-0.25, -0.2) is 9.59 Å². The predicted molar refractivity (Wildman–Crippen MR) is 124 cm³/mol. The summed E-state index contributed by atoms with van der Waals surface area (Å²) in [6.45, 7) is 2.27. The second-order valence-corrected chi connectivity index (χ2v) is 7.71. The molecular formula is C25H26N2O8. The highest BCUT2D eigenvalue weighted by molar-refractivity contribution is 6.22. The molecule has 0 spiro atoms. The zero-order valence-corrected chi connectivity index (χ0v) is 19.5. The number of methoxy groups -OCH3 is 1. The lowest BCUT2D eigenvalue weighted by atomic mass is 10.1. The largest absolute Gasteiger partial charge is 0.462 e. The number of hydrogen-bond acceptors (Lipinski definition) is 8. The van der Waals surface area contributed by atoms with Gasteiger partial charge in [-0.3, -0.25) is 19.3 Å². The van der Waals surface area contributed by atoms with Crippen LogP contribution in [0.3, 0.4) is 0 Å². The number of carbonyl (C=O) groups excluding carboxylic acids is 5. The van der Waals surface area contributed by atoms with Gasteiger partial charge >= 0.3 is 11.9 Å². The van der Waals surface area contributed by atoms with Gasteiger partial charge in [0.15, 0.2) is 6.61 Å². The summed E-state index contributed by atoms with van der Waals surface area (Å²) in [6.07, 6.45) is 1.21. The Hall–Kier alpha value is -4.05. The zero-order valence-electron chi connectivity index (χ0n) is 19.5. The molecule has 0 aromatic heterocycles. The van der Waals surface area contributed by atoms with Crippen molar-refractivity contribution in [2.75, 3.05) is 38.8 Å². The SMILES string of the molecule is CCCOC(=O)c1ccc(NC(=O)COC(=O)c2ccc3c(c2)C(=O)N(CCCOC)C3=O)cc1. The molecule has 0 atom stereocenters. The van der Waals surface area contributed by atoms with Crippen LogP contribution in [0.1, 0.15) is 61.2 Å². The fraction of sp³-hybridized carbons (Fsp3) is 0.320. The van der Waals surface area contributed by atoms with E-state index in [1.54, 1.807) is 0 Å². The number of nitrogens with zero attached hydrogens (tertiary/aromatic N) is 1. The minimum Gasteiger partial charge on any atom is -0.462 e. The molecule has 0 aliphatic carbocycles. The Labute approximate surface area is 202 Å². The van der Waals surface area contributed by atoms with Gasteiger partial charge in [-0.2, -0.15) is 0 Å². The molecule has 3 rings (SSSR count). The first-order valence-electron chi connectivity index (χ1n) is 11.1. The zero-order chi connectivity index (χ0) is 25.4. The second-order valence-electron chi connectivity index (χ2n) is 7.71. The maximum Gasteiger partial charge on any atom is 0.338 e. The van der Waals surface area contributed by atoms with Crippen LogP contribution in [-0.4, -0.2) is 68.0 Å². The fourth-order valence-electron chi connectivity index (χ4n) is 3.37. The quantitative estimate of drug-likeness (QED) is 0.294. The summed E-state index contributed by atoms with van der Waals surface area (Å²) in [5.74, 6) is -2.77. The minimum atomic E-state index is -0.810. The van der Waals surface area contributed by atoms with Gasteiger partial charge in [0.25, 0.3) is 17.7 Å². The van der Waals surface area contributed by atoms with Gasteiger partial charge in [0.2, 0.25) is 0 Å². The summed E-state index contributed by atoms with van der Waals surface area (Å²) in [7, 11) is 1.53. The van der Waals surface area contributed by atoms with E-state index in [0.717, 1.165) is 4.90 Å². The highest BCUT2D eigenvalue weighted by atomic mass is 16.5. The number of rotatable bonds is 11. The maximum atomic E-state index is 12.6. The standard InChI is InChI=1S/C25H26N2O8/c1-3-12-34-24(31)16-5-8-18(9-6-16)26-21(28)15-35-25(32)17-7-10-19-20(14-17)23(30)27(22(19)29)11-4-13-33-2/h5-10,14H,3-4,11-13,15H2,1-2H3,(H,26,28). The summed E-state index contributed by atoms with van der Waals surface area (Å²) in [5, 5.41) is 2.56. The number of carbonyl (C=O) groups is 5. The Morgan fingerprint density at radius 1 is 0.857 bits per heavy atom. The van der Waals surface area contributed by atoms with Crippen molar-refractivity contribution in [1.82, 2.24) is 4.90 Å². The van der Waals surface area contributed by atoms with Gasteiger partial charge in [-0.15, -0.1) is 0 Å². The number of anilines is 1. The predicted octanol–water partition coefficient (Wildman–Crippen LogP) is 2.68. The Kier molecular flexibility index (Phi) is 8.69. The second kappa shape index (κ2) is 11.9. The summed E-state index contributed by atoms with van der Waals surface area (Å²) in [5.41, 5.74) is 1.14. The fourth-order valence-corrected chi connectivity index (χ4v) is 3.37. The first kappa shape index (κ1) is 25.6. The van der Waals surface area contributed by atoms with Crippen molar-refractivity contribution in [3.63, 3.8) is 0 Å². The van der Waals surface area contributed by atoms with Crippen LogP contribution in [0.15, 0.2) is 42.5 Å². The van der Waals surface area contributed by atoms with Crippen LogP contribution in [0.4, 0.5) is 5.69 Å². The van der Waals surface area contributed by atoms with Crippen molar-refractivity contribution in [3.05, 3.63) is 64.7 Å². The van der Waals surface area contributed by atoms with E-state index in [0.29, 0.717) is 37.3 Å². The lowest BCUT2D eigenvalue weighted by Gasteiger charge is -2.12.